The largest absolute Gasteiger partial charge is 0.497 e. The van der Waals surface area contributed by atoms with Gasteiger partial charge in [0.05, 0.1) is 12.6 Å². The van der Waals surface area contributed by atoms with Gasteiger partial charge in [0.1, 0.15) is 5.75 Å². The zero-order chi connectivity index (χ0) is 13.9. The first-order valence-electron chi connectivity index (χ1n) is 6.54. The van der Waals surface area contributed by atoms with Crippen molar-refractivity contribution in [1.29, 1.82) is 0 Å². The van der Waals surface area contributed by atoms with Gasteiger partial charge in [-0.2, -0.15) is 0 Å². The Morgan fingerprint density at radius 3 is 2.75 bits per heavy atom. The number of aromatic nitrogens is 1. The summed E-state index contributed by atoms with van der Waals surface area (Å²) in [5, 5.41) is 1.13. The molecule has 1 heterocycles. The minimum absolute atomic E-state index is 0.472. The molecule has 0 aliphatic rings. The van der Waals surface area contributed by atoms with Gasteiger partial charge < -0.3 is 10.5 Å². The van der Waals surface area contributed by atoms with Gasteiger partial charge in [0.2, 0.25) is 0 Å². The Labute approximate surface area is 118 Å². The Hall–Kier alpha value is -2.39. The van der Waals surface area contributed by atoms with E-state index < -0.39 is 0 Å². The lowest BCUT2D eigenvalue weighted by Crippen LogP contribution is -2.00. The van der Waals surface area contributed by atoms with Gasteiger partial charge in [-0.05, 0) is 35.4 Å². The highest BCUT2D eigenvalue weighted by Gasteiger charge is 2.07. The second-order valence-electron chi connectivity index (χ2n) is 4.64. The zero-order valence-electron chi connectivity index (χ0n) is 11.3. The van der Waals surface area contributed by atoms with Crippen molar-refractivity contribution >= 4 is 10.9 Å². The Morgan fingerprint density at radius 2 is 1.95 bits per heavy atom. The molecule has 0 aliphatic heterocycles. The number of para-hydroxylation sites is 1. The minimum atomic E-state index is 0.472. The summed E-state index contributed by atoms with van der Waals surface area (Å²) < 4.78 is 5.25. The van der Waals surface area contributed by atoms with Crippen LogP contribution in [0.2, 0.25) is 0 Å². The van der Waals surface area contributed by atoms with E-state index in [0.29, 0.717) is 6.54 Å². The molecule has 0 unspecified atom stereocenters. The molecule has 0 bridgehead atoms. The lowest BCUT2D eigenvalue weighted by molar-refractivity contribution is 0.414. The summed E-state index contributed by atoms with van der Waals surface area (Å²) in [6, 6.07) is 16.2. The van der Waals surface area contributed by atoms with Crippen LogP contribution in [0.3, 0.4) is 0 Å². The Bertz CT molecular complexity index is 753. The molecule has 0 radical (unpaired) electrons. The number of methoxy groups -OCH3 is 1. The van der Waals surface area contributed by atoms with Crippen LogP contribution < -0.4 is 10.5 Å². The summed E-state index contributed by atoms with van der Waals surface area (Å²) in [7, 11) is 1.66. The molecule has 2 aromatic carbocycles. The smallest absolute Gasteiger partial charge is 0.119 e. The molecule has 3 rings (SSSR count). The first-order valence-corrected chi connectivity index (χ1v) is 6.54. The first-order chi connectivity index (χ1) is 9.81. The van der Waals surface area contributed by atoms with Crippen LogP contribution in [0.4, 0.5) is 0 Å². The molecule has 0 saturated carbocycles. The molecule has 0 spiro atoms. The van der Waals surface area contributed by atoms with Gasteiger partial charge in [-0.15, -0.1) is 0 Å². The average molecular weight is 264 g/mol. The lowest BCUT2D eigenvalue weighted by atomic mass is 9.99. The van der Waals surface area contributed by atoms with Gasteiger partial charge in [0, 0.05) is 23.7 Å². The van der Waals surface area contributed by atoms with Crippen molar-refractivity contribution in [2.45, 2.75) is 6.54 Å². The zero-order valence-corrected chi connectivity index (χ0v) is 11.3. The van der Waals surface area contributed by atoms with E-state index in [9.17, 15) is 0 Å². The summed E-state index contributed by atoms with van der Waals surface area (Å²) >= 11 is 0. The molecule has 20 heavy (non-hydrogen) atoms. The second kappa shape index (κ2) is 5.31. The quantitative estimate of drug-likeness (QED) is 0.789. The summed E-state index contributed by atoms with van der Waals surface area (Å²) in [5.41, 5.74) is 10.1. The first kappa shape index (κ1) is 12.6. The topological polar surface area (TPSA) is 48.1 Å². The van der Waals surface area contributed by atoms with Gasteiger partial charge in [-0.25, -0.2) is 0 Å². The predicted molar refractivity (Wildman–Crippen MR) is 81.6 cm³/mol. The number of benzene rings is 2. The Balaban J connectivity index is 2.14. The molecular weight excluding hydrogens is 248 g/mol. The summed E-state index contributed by atoms with van der Waals surface area (Å²) in [6.45, 7) is 0.472. The van der Waals surface area contributed by atoms with Gasteiger partial charge in [0.25, 0.3) is 0 Å². The van der Waals surface area contributed by atoms with Gasteiger partial charge in [0.15, 0.2) is 0 Å². The molecule has 0 aliphatic carbocycles. The number of hydrogen-bond donors (Lipinski definition) is 1. The van der Waals surface area contributed by atoms with E-state index in [1.807, 2.05) is 42.6 Å². The second-order valence-corrected chi connectivity index (χ2v) is 4.64. The average Bonchev–Trinajstić information content (AvgIpc) is 2.53. The van der Waals surface area contributed by atoms with Crippen LogP contribution in [0.1, 0.15) is 5.56 Å². The van der Waals surface area contributed by atoms with Crippen LogP contribution in [0.15, 0.2) is 54.7 Å². The van der Waals surface area contributed by atoms with Crippen LogP contribution in [-0.4, -0.2) is 12.1 Å². The standard InChI is InChI=1S/C17H16N2O/c1-20-15-6-7-16(13(9-15)10-18)14-8-12-4-2-3-5-17(12)19-11-14/h2-9,11H,10,18H2,1H3. The Morgan fingerprint density at radius 1 is 1.10 bits per heavy atom. The van der Waals surface area contributed by atoms with Crippen molar-refractivity contribution in [2.24, 2.45) is 5.73 Å². The maximum atomic E-state index is 5.85. The summed E-state index contributed by atoms with van der Waals surface area (Å²) in [5.74, 6) is 0.822. The number of fused-ring (bicyclic) bond motifs is 1. The van der Waals surface area contributed by atoms with E-state index in [2.05, 4.69) is 17.1 Å². The SMILES string of the molecule is COc1ccc(-c2cnc3ccccc3c2)c(CN)c1. The van der Waals surface area contributed by atoms with Crippen LogP contribution in [0.5, 0.6) is 5.75 Å². The molecule has 2 N–H and O–H groups in total. The molecular formula is C17H16N2O. The number of nitrogens with two attached hydrogens (primary N) is 1. The molecule has 3 heteroatoms. The number of pyridine rings is 1. The highest BCUT2D eigenvalue weighted by molar-refractivity contribution is 5.84. The molecule has 100 valence electrons. The van der Waals surface area contributed by atoms with Crippen molar-refractivity contribution in [1.82, 2.24) is 4.98 Å². The van der Waals surface area contributed by atoms with Crippen molar-refractivity contribution in [3.8, 4) is 16.9 Å². The molecule has 0 fully saturated rings. The highest BCUT2D eigenvalue weighted by atomic mass is 16.5. The van der Waals surface area contributed by atoms with Crippen molar-refractivity contribution in [2.75, 3.05) is 7.11 Å². The van der Waals surface area contributed by atoms with Crippen molar-refractivity contribution < 1.29 is 4.74 Å². The van der Waals surface area contributed by atoms with Gasteiger partial charge in [-0.3, -0.25) is 4.98 Å². The van der Waals surface area contributed by atoms with E-state index in [1.54, 1.807) is 7.11 Å². The monoisotopic (exact) mass is 264 g/mol. The number of rotatable bonds is 3. The molecule has 0 saturated heterocycles. The fourth-order valence-corrected chi connectivity index (χ4v) is 2.37. The molecule has 3 aromatic rings. The number of hydrogen-bond acceptors (Lipinski definition) is 3. The third-order valence-corrected chi connectivity index (χ3v) is 3.43. The number of nitrogens with zero attached hydrogens (tertiary/aromatic N) is 1. The number of ether oxygens (including phenoxy) is 1. The highest BCUT2D eigenvalue weighted by Crippen LogP contribution is 2.28. The van der Waals surface area contributed by atoms with Crippen molar-refractivity contribution in [3.63, 3.8) is 0 Å². The van der Waals surface area contributed by atoms with Gasteiger partial charge >= 0.3 is 0 Å². The fraction of sp³-hybridized carbons (Fsp3) is 0.118. The van der Waals surface area contributed by atoms with Crippen LogP contribution in [0, 0.1) is 0 Å². The van der Waals surface area contributed by atoms with Gasteiger partial charge in [-0.1, -0.05) is 24.3 Å². The fourth-order valence-electron chi connectivity index (χ4n) is 2.37. The van der Waals surface area contributed by atoms with E-state index in [4.69, 9.17) is 10.5 Å². The van der Waals surface area contributed by atoms with E-state index in [-0.39, 0.29) is 0 Å². The van der Waals surface area contributed by atoms with Crippen LogP contribution in [-0.2, 0) is 6.54 Å². The van der Waals surface area contributed by atoms with Crippen LogP contribution in [0.25, 0.3) is 22.0 Å². The van der Waals surface area contributed by atoms with E-state index >= 15 is 0 Å². The molecule has 1 aromatic heterocycles. The van der Waals surface area contributed by atoms with E-state index in [1.165, 1.54) is 0 Å². The maximum Gasteiger partial charge on any atom is 0.119 e. The normalized spacial score (nSPS) is 10.7. The predicted octanol–water partition coefficient (Wildman–Crippen LogP) is 3.37. The summed E-state index contributed by atoms with van der Waals surface area (Å²) in [6.07, 6.45) is 1.89. The lowest BCUT2D eigenvalue weighted by Gasteiger charge is -2.10. The Kier molecular flexibility index (Phi) is 3.35. The van der Waals surface area contributed by atoms with Crippen LogP contribution >= 0.6 is 0 Å². The third kappa shape index (κ3) is 2.24. The third-order valence-electron chi connectivity index (χ3n) is 3.43. The van der Waals surface area contributed by atoms with E-state index in [0.717, 1.165) is 33.3 Å². The van der Waals surface area contributed by atoms with Crippen molar-refractivity contribution in [3.05, 3.63) is 60.3 Å². The molecule has 0 atom stereocenters. The molecule has 3 nitrogen and oxygen atoms in total. The maximum absolute atomic E-state index is 5.85. The molecule has 0 amide bonds. The summed E-state index contributed by atoms with van der Waals surface area (Å²) in [4.78, 5) is 4.50. The minimum Gasteiger partial charge on any atom is -0.497 e.